The number of unbranched alkanes of at least 4 members (excludes halogenated alkanes) is 1. The summed E-state index contributed by atoms with van der Waals surface area (Å²) in [5, 5.41) is 0. The van der Waals surface area contributed by atoms with E-state index < -0.39 is 16.1 Å². The first-order chi connectivity index (χ1) is 6.33. The third-order valence-corrected chi connectivity index (χ3v) is 2.18. The molecule has 0 aliphatic heterocycles. The molecule has 0 fully saturated rings. The molecule has 0 aromatic heterocycles. The maximum Gasteiger partial charge on any atom is 0.333 e. The number of hydrogen-bond donors (Lipinski definition) is 1. The van der Waals surface area contributed by atoms with Gasteiger partial charge in [0.15, 0.2) is 0 Å². The first-order valence-electron chi connectivity index (χ1n) is 4.11. The zero-order valence-corrected chi connectivity index (χ0v) is 11.8. The molecule has 0 spiro atoms. The first kappa shape index (κ1) is 17.5. The second-order valence-electron chi connectivity index (χ2n) is 2.91. The molecule has 15 heavy (non-hydrogen) atoms. The van der Waals surface area contributed by atoms with Gasteiger partial charge in [-0.15, -0.1) is 0 Å². The van der Waals surface area contributed by atoms with Gasteiger partial charge in [-0.2, -0.15) is 8.42 Å². The molecule has 0 aromatic carbocycles. The Morgan fingerprint density at radius 3 is 2.33 bits per heavy atom. The van der Waals surface area contributed by atoms with Crippen LogP contribution in [0, 0.1) is 0 Å². The van der Waals surface area contributed by atoms with Gasteiger partial charge >= 0.3 is 5.97 Å². The Balaban J connectivity index is 0. The van der Waals surface area contributed by atoms with Crippen molar-refractivity contribution in [3.8, 4) is 0 Å². The van der Waals surface area contributed by atoms with Crippen LogP contribution >= 0.6 is 0 Å². The van der Waals surface area contributed by atoms with Crippen molar-refractivity contribution in [2.45, 2.75) is 19.8 Å². The van der Waals surface area contributed by atoms with Gasteiger partial charge in [-0.05, 0) is 19.8 Å². The minimum atomic E-state index is -3.90. The predicted octanol–water partition coefficient (Wildman–Crippen LogP) is 0.393. The Bertz CT molecular complexity index is 309. The summed E-state index contributed by atoms with van der Waals surface area (Å²) < 4.78 is 33.6. The molecule has 0 rings (SSSR count). The Hall–Kier alpha value is 0.120. The minimum Gasteiger partial charge on any atom is -0.462 e. The molecule has 0 unspecified atom stereocenters. The van der Waals surface area contributed by atoms with Crippen molar-refractivity contribution in [3.63, 3.8) is 0 Å². The zero-order valence-electron chi connectivity index (χ0n) is 9.02. The number of rotatable bonds is 6. The summed E-state index contributed by atoms with van der Waals surface area (Å²) in [7, 11) is -3.90. The summed E-state index contributed by atoms with van der Waals surface area (Å²) in [6.45, 7) is 5.05. The van der Waals surface area contributed by atoms with E-state index in [1.54, 1.807) is 0 Å². The monoisotopic (exact) mass is 245 g/mol. The van der Waals surface area contributed by atoms with E-state index in [1.807, 2.05) is 0 Å². The van der Waals surface area contributed by atoms with Crippen LogP contribution < -0.4 is 0 Å². The van der Waals surface area contributed by atoms with Crippen LogP contribution in [0.25, 0.3) is 0 Å². The fourth-order valence-corrected chi connectivity index (χ4v) is 1.24. The predicted molar refractivity (Wildman–Crippen MR) is 57.2 cm³/mol. The Morgan fingerprint density at radius 1 is 1.40 bits per heavy atom. The van der Waals surface area contributed by atoms with Crippen molar-refractivity contribution in [1.29, 1.82) is 0 Å². The molecule has 0 heterocycles. The second kappa shape index (κ2) is 8.29. The number of carbonyl (C=O) groups excluding carboxylic acids is 1. The van der Waals surface area contributed by atoms with Crippen LogP contribution in [0.15, 0.2) is 12.2 Å². The van der Waals surface area contributed by atoms with Gasteiger partial charge in [0.1, 0.15) is 0 Å². The number of hydrogen-bond acceptors (Lipinski definition) is 4. The SMILES string of the molecule is C=C(C)C(=O)OCCCCS(=O)(=O)O.[Na]. The Kier molecular flexibility index (Phi) is 9.68. The average Bonchev–Trinajstić information content (AvgIpc) is 2.01. The molecule has 0 aliphatic carbocycles. The number of carbonyl (C=O) groups is 1. The molecule has 0 aromatic rings. The Morgan fingerprint density at radius 2 is 1.93 bits per heavy atom. The van der Waals surface area contributed by atoms with Crippen molar-refractivity contribution in [2.75, 3.05) is 12.4 Å². The van der Waals surface area contributed by atoms with Gasteiger partial charge in [0, 0.05) is 35.1 Å². The van der Waals surface area contributed by atoms with E-state index in [-0.39, 0.29) is 48.3 Å². The summed E-state index contributed by atoms with van der Waals surface area (Å²) in [4.78, 5) is 10.8. The average molecular weight is 245 g/mol. The van der Waals surface area contributed by atoms with Gasteiger partial charge in [0.05, 0.1) is 12.4 Å². The molecule has 0 saturated carbocycles. The van der Waals surface area contributed by atoms with Gasteiger partial charge in [-0.1, -0.05) is 6.58 Å². The van der Waals surface area contributed by atoms with Crippen LogP contribution in [-0.2, 0) is 19.6 Å². The van der Waals surface area contributed by atoms with Crippen LogP contribution in [0.5, 0.6) is 0 Å². The smallest absolute Gasteiger partial charge is 0.333 e. The molecule has 1 N–H and O–H groups in total. The first-order valence-corrected chi connectivity index (χ1v) is 5.71. The quantitative estimate of drug-likeness (QED) is 0.241. The van der Waals surface area contributed by atoms with Gasteiger partial charge in [-0.3, -0.25) is 4.55 Å². The van der Waals surface area contributed by atoms with Gasteiger partial charge in [0.2, 0.25) is 0 Å². The van der Waals surface area contributed by atoms with Crippen LogP contribution in [-0.4, -0.2) is 60.9 Å². The van der Waals surface area contributed by atoms with E-state index in [4.69, 9.17) is 9.29 Å². The molecule has 7 heteroatoms. The molecule has 0 aliphatic rings. The van der Waals surface area contributed by atoms with Crippen molar-refractivity contribution in [3.05, 3.63) is 12.2 Å². The standard InChI is InChI=1S/C8H14O5S.Na/c1-7(2)8(9)13-5-3-4-6-14(10,11)12;/h1,3-6H2,2H3,(H,10,11,12);. The third-order valence-electron chi connectivity index (χ3n) is 1.38. The molecule has 0 amide bonds. The van der Waals surface area contributed by atoms with Crippen molar-refractivity contribution < 1.29 is 22.5 Å². The molecule has 0 atom stereocenters. The molecular formula is C8H14NaO5S. The van der Waals surface area contributed by atoms with E-state index >= 15 is 0 Å². The molecule has 5 nitrogen and oxygen atoms in total. The second-order valence-corrected chi connectivity index (χ2v) is 4.48. The largest absolute Gasteiger partial charge is 0.462 e. The van der Waals surface area contributed by atoms with Crippen molar-refractivity contribution in [1.82, 2.24) is 0 Å². The van der Waals surface area contributed by atoms with E-state index in [1.165, 1.54) is 6.92 Å². The van der Waals surface area contributed by atoms with Crippen LogP contribution in [0.1, 0.15) is 19.8 Å². The Labute approximate surface area is 112 Å². The molecule has 0 bridgehead atoms. The summed E-state index contributed by atoms with van der Waals surface area (Å²) in [5.41, 5.74) is 0.305. The van der Waals surface area contributed by atoms with Gasteiger partial charge in [-0.25, -0.2) is 4.79 Å². The zero-order chi connectivity index (χ0) is 11.2. The summed E-state index contributed by atoms with van der Waals surface area (Å²) in [5.74, 6) is -0.797. The van der Waals surface area contributed by atoms with Gasteiger partial charge < -0.3 is 4.74 Å². The van der Waals surface area contributed by atoms with Crippen LogP contribution in [0.3, 0.4) is 0 Å². The number of esters is 1. The van der Waals surface area contributed by atoms with E-state index in [0.29, 0.717) is 12.0 Å². The fraction of sp³-hybridized carbons (Fsp3) is 0.625. The third kappa shape index (κ3) is 12.0. The van der Waals surface area contributed by atoms with Crippen molar-refractivity contribution >= 4 is 45.6 Å². The summed E-state index contributed by atoms with van der Waals surface area (Å²) in [6.07, 6.45) is 0.668. The summed E-state index contributed by atoms with van der Waals surface area (Å²) in [6, 6.07) is 0. The van der Waals surface area contributed by atoms with E-state index in [2.05, 4.69) is 6.58 Å². The molecular weight excluding hydrogens is 231 g/mol. The van der Waals surface area contributed by atoms with Crippen molar-refractivity contribution in [2.24, 2.45) is 0 Å². The number of ether oxygens (including phenoxy) is 1. The topological polar surface area (TPSA) is 80.7 Å². The maximum atomic E-state index is 10.8. The van der Waals surface area contributed by atoms with Crippen LogP contribution in [0.4, 0.5) is 0 Å². The normalized spacial score (nSPS) is 10.3. The fourth-order valence-electron chi connectivity index (χ4n) is 0.675. The molecule has 0 saturated heterocycles. The van der Waals surface area contributed by atoms with Gasteiger partial charge in [0.25, 0.3) is 10.1 Å². The van der Waals surface area contributed by atoms with Crippen LogP contribution in [0.2, 0.25) is 0 Å². The van der Waals surface area contributed by atoms with E-state index in [0.717, 1.165) is 0 Å². The molecule has 1 radical (unpaired) electrons. The van der Waals surface area contributed by atoms with E-state index in [9.17, 15) is 13.2 Å². The summed E-state index contributed by atoms with van der Waals surface area (Å²) >= 11 is 0. The molecule has 83 valence electrons. The maximum absolute atomic E-state index is 10.8. The minimum absolute atomic E-state index is 0.